The molecule has 3 heterocycles. The van der Waals surface area contributed by atoms with E-state index >= 15 is 0 Å². The van der Waals surface area contributed by atoms with Crippen LogP contribution >= 0.6 is 11.3 Å². The van der Waals surface area contributed by atoms with Crippen LogP contribution in [0, 0.1) is 0 Å². The van der Waals surface area contributed by atoms with E-state index < -0.39 is 0 Å². The van der Waals surface area contributed by atoms with Gasteiger partial charge in [0, 0.05) is 38.3 Å². The lowest BCUT2D eigenvalue weighted by molar-refractivity contribution is -0.127. The highest BCUT2D eigenvalue weighted by Gasteiger charge is 2.24. The highest BCUT2D eigenvalue weighted by atomic mass is 32.1. The Morgan fingerprint density at radius 1 is 1.47 bits per heavy atom. The number of fused-ring (bicyclic) bond motifs is 1. The molecule has 1 aliphatic heterocycles. The van der Waals surface area contributed by atoms with Crippen molar-refractivity contribution in [2.24, 2.45) is 5.73 Å². The summed E-state index contributed by atoms with van der Waals surface area (Å²) in [6.45, 7) is 2.45. The van der Waals surface area contributed by atoms with Gasteiger partial charge in [-0.15, -0.1) is 11.3 Å². The smallest absolute Gasteiger partial charge is 0.241 e. The molecule has 1 fully saturated rings. The number of likely N-dealkylation sites (N-methyl/N-ethyl adjacent to an activating group) is 1. The number of nitrogens with two attached hydrogens (primary N) is 1. The van der Waals surface area contributed by atoms with Crippen molar-refractivity contribution < 1.29 is 4.79 Å². The van der Waals surface area contributed by atoms with Gasteiger partial charge in [0.05, 0.1) is 12.2 Å². The van der Waals surface area contributed by atoms with E-state index in [-0.39, 0.29) is 5.91 Å². The van der Waals surface area contributed by atoms with Crippen LogP contribution in [0.2, 0.25) is 0 Å². The number of hydrogen-bond acceptors (Lipinski definition) is 5. The van der Waals surface area contributed by atoms with E-state index in [1.807, 2.05) is 27.9 Å². The van der Waals surface area contributed by atoms with Crippen molar-refractivity contribution in [3.05, 3.63) is 17.3 Å². The van der Waals surface area contributed by atoms with Crippen LogP contribution in [0.5, 0.6) is 0 Å². The van der Waals surface area contributed by atoms with Crippen molar-refractivity contribution in [1.82, 2.24) is 14.3 Å². The van der Waals surface area contributed by atoms with E-state index in [1.54, 1.807) is 16.2 Å². The molecule has 3 rings (SSSR count). The number of carbonyl (C=O) groups is 1. The molecule has 2 N–H and O–H groups in total. The van der Waals surface area contributed by atoms with E-state index in [4.69, 9.17) is 5.73 Å². The van der Waals surface area contributed by atoms with E-state index in [9.17, 15) is 4.79 Å². The van der Waals surface area contributed by atoms with Gasteiger partial charge in [-0.25, -0.2) is 4.98 Å². The number of imidazole rings is 1. The van der Waals surface area contributed by atoms with Gasteiger partial charge >= 0.3 is 0 Å². The summed E-state index contributed by atoms with van der Waals surface area (Å²) in [4.78, 5) is 21.4. The zero-order valence-corrected chi connectivity index (χ0v) is 11.7. The lowest BCUT2D eigenvalue weighted by Gasteiger charge is -2.20. The molecule has 2 aromatic heterocycles. The fourth-order valence-corrected chi connectivity index (χ4v) is 3.16. The Morgan fingerprint density at radius 2 is 2.32 bits per heavy atom. The molecular formula is C12H17N5OS. The van der Waals surface area contributed by atoms with Crippen LogP contribution in [0.15, 0.2) is 11.6 Å². The number of amides is 1. The first-order valence-corrected chi connectivity index (χ1v) is 7.22. The van der Waals surface area contributed by atoms with Gasteiger partial charge in [0.1, 0.15) is 0 Å². The number of hydrogen-bond donors (Lipinski definition) is 1. The molecule has 0 bridgehead atoms. The second-order valence-electron chi connectivity index (χ2n) is 4.73. The Balaban J connectivity index is 1.98. The molecule has 0 aromatic carbocycles. The van der Waals surface area contributed by atoms with Crippen molar-refractivity contribution >= 4 is 28.0 Å². The number of aromatic nitrogens is 2. The van der Waals surface area contributed by atoms with Crippen LogP contribution in [-0.2, 0) is 11.3 Å². The normalized spacial score (nSPS) is 17.3. The van der Waals surface area contributed by atoms with Crippen LogP contribution in [0.1, 0.15) is 12.1 Å². The molecular weight excluding hydrogens is 262 g/mol. The third-order valence-electron chi connectivity index (χ3n) is 3.51. The van der Waals surface area contributed by atoms with Gasteiger partial charge in [-0.2, -0.15) is 0 Å². The number of rotatable bonds is 2. The Kier molecular flexibility index (Phi) is 3.16. The minimum atomic E-state index is 0.136. The summed E-state index contributed by atoms with van der Waals surface area (Å²) in [6.07, 6.45) is 2.93. The molecule has 0 atom stereocenters. The highest BCUT2D eigenvalue weighted by molar-refractivity contribution is 7.15. The lowest BCUT2D eigenvalue weighted by Crippen LogP contribution is -2.35. The second-order valence-corrected chi connectivity index (χ2v) is 5.61. The summed E-state index contributed by atoms with van der Waals surface area (Å²) in [6, 6.07) is 0. The lowest BCUT2D eigenvalue weighted by atomic mass is 10.3. The molecule has 0 unspecified atom stereocenters. The van der Waals surface area contributed by atoms with Crippen LogP contribution in [0.25, 0.3) is 4.96 Å². The zero-order chi connectivity index (χ0) is 13.4. The maximum absolute atomic E-state index is 12.0. The quantitative estimate of drug-likeness (QED) is 0.870. The topological polar surface area (TPSA) is 66.9 Å². The monoisotopic (exact) mass is 279 g/mol. The van der Waals surface area contributed by atoms with Crippen molar-refractivity contribution in [3.8, 4) is 0 Å². The third-order valence-corrected chi connectivity index (χ3v) is 4.26. The minimum absolute atomic E-state index is 0.136. The summed E-state index contributed by atoms with van der Waals surface area (Å²) < 4.78 is 2.01. The second kappa shape index (κ2) is 4.82. The number of anilines is 1. The summed E-state index contributed by atoms with van der Waals surface area (Å²) in [5.74, 6) is 0.995. The largest absolute Gasteiger partial charge is 0.346 e. The molecule has 1 aliphatic rings. The SMILES string of the molecule is CN1CCCN(c2nc3sccn3c2CN)CC1=O. The average molecular weight is 279 g/mol. The molecule has 2 aromatic rings. The van der Waals surface area contributed by atoms with Crippen molar-refractivity contribution in [3.63, 3.8) is 0 Å². The molecule has 0 radical (unpaired) electrons. The average Bonchev–Trinajstić information content (AvgIpc) is 2.92. The summed E-state index contributed by atoms with van der Waals surface area (Å²) in [5, 5.41) is 1.99. The van der Waals surface area contributed by atoms with Crippen molar-refractivity contribution in [1.29, 1.82) is 0 Å². The standard InChI is InChI=1S/C12H17N5OS/c1-15-3-2-4-16(8-10(15)18)11-9(7-13)17-5-6-19-12(17)14-11/h5-6H,2-4,7-8,13H2,1H3. The number of nitrogens with zero attached hydrogens (tertiary/aromatic N) is 4. The van der Waals surface area contributed by atoms with E-state index in [0.717, 1.165) is 36.0 Å². The zero-order valence-electron chi connectivity index (χ0n) is 10.9. The Morgan fingerprint density at radius 3 is 3.11 bits per heavy atom. The molecule has 19 heavy (non-hydrogen) atoms. The van der Waals surface area contributed by atoms with Crippen LogP contribution in [-0.4, -0.2) is 46.9 Å². The molecule has 0 spiro atoms. The number of carbonyl (C=O) groups excluding carboxylic acids is 1. The van der Waals surface area contributed by atoms with Gasteiger partial charge in [-0.1, -0.05) is 0 Å². The van der Waals surface area contributed by atoms with Gasteiger partial charge in [0.15, 0.2) is 10.8 Å². The van der Waals surface area contributed by atoms with Gasteiger partial charge < -0.3 is 15.5 Å². The molecule has 1 amide bonds. The molecule has 1 saturated heterocycles. The predicted molar refractivity (Wildman–Crippen MR) is 75.4 cm³/mol. The van der Waals surface area contributed by atoms with Crippen LogP contribution < -0.4 is 10.6 Å². The van der Waals surface area contributed by atoms with E-state index in [2.05, 4.69) is 4.98 Å². The van der Waals surface area contributed by atoms with Gasteiger partial charge in [0.2, 0.25) is 5.91 Å². The first-order valence-electron chi connectivity index (χ1n) is 6.34. The summed E-state index contributed by atoms with van der Waals surface area (Å²) in [7, 11) is 1.85. The fourth-order valence-electron chi connectivity index (χ4n) is 2.43. The molecule has 7 heteroatoms. The molecule has 102 valence electrons. The van der Waals surface area contributed by atoms with Gasteiger partial charge in [-0.3, -0.25) is 9.20 Å². The van der Waals surface area contributed by atoms with Crippen molar-refractivity contribution in [2.45, 2.75) is 13.0 Å². The Bertz CT molecular complexity index is 604. The van der Waals surface area contributed by atoms with Crippen molar-refractivity contribution in [2.75, 3.05) is 31.6 Å². The maximum Gasteiger partial charge on any atom is 0.241 e. The van der Waals surface area contributed by atoms with Crippen LogP contribution in [0.4, 0.5) is 5.82 Å². The third kappa shape index (κ3) is 2.08. The van der Waals surface area contributed by atoms with E-state index in [1.165, 1.54) is 0 Å². The fraction of sp³-hybridized carbons (Fsp3) is 0.500. The van der Waals surface area contributed by atoms with Gasteiger partial charge in [0.25, 0.3) is 0 Å². The Labute approximate surface area is 115 Å². The predicted octanol–water partition coefficient (Wildman–Crippen LogP) is 0.523. The first kappa shape index (κ1) is 12.4. The maximum atomic E-state index is 12.0. The molecule has 0 aliphatic carbocycles. The van der Waals surface area contributed by atoms with Gasteiger partial charge in [-0.05, 0) is 6.42 Å². The Hall–Kier alpha value is -1.60. The van der Waals surface area contributed by atoms with E-state index in [0.29, 0.717) is 13.1 Å². The number of thiazole rings is 1. The highest BCUT2D eigenvalue weighted by Crippen LogP contribution is 2.25. The van der Waals surface area contributed by atoms with Crippen LogP contribution in [0.3, 0.4) is 0 Å². The molecule has 0 saturated carbocycles. The molecule has 6 nitrogen and oxygen atoms in total. The minimum Gasteiger partial charge on any atom is -0.346 e. The summed E-state index contributed by atoms with van der Waals surface area (Å²) >= 11 is 1.58. The first-order chi connectivity index (χ1) is 9.20. The summed E-state index contributed by atoms with van der Waals surface area (Å²) in [5.41, 5.74) is 6.83.